The SMILES string of the molecule is CCC(CO)(CO)CO.NC(=Nc1ccccc1)Nc1ccccc1.O=C1C=CC(=O)N1c1cccc(N2C(=O)C=CC2=O)c1. The van der Waals surface area contributed by atoms with E-state index in [0.717, 1.165) is 21.2 Å². The highest BCUT2D eigenvalue weighted by Crippen LogP contribution is 2.26. The van der Waals surface area contributed by atoms with Crippen LogP contribution in [-0.2, 0) is 19.2 Å². The predicted octanol–water partition coefficient (Wildman–Crippen LogP) is 2.65. The minimum atomic E-state index is -0.667. The summed E-state index contributed by atoms with van der Waals surface area (Å²) in [5.74, 6) is -1.43. The topological polar surface area (TPSA) is 186 Å². The Morgan fingerprint density at radius 3 is 1.49 bits per heavy atom. The molecule has 12 nitrogen and oxygen atoms in total. The molecule has 2 aliphatic heterocycles. The molecule has 0 radical (unpaired) electrons. The number of amides is 4. The van der Waals surface area contributed by atoms with Crippen molar-refractivity contribution in [1.29, 1.82) is 0 Å². The lowest BCUT2D eigenvalue weighted by atomic mass is 9.88. The van der Waals surface area contributed by atoms with E-state index in [1.807, 2.05) is 67.6 Å². The molecular weight excluding hydrogens is 578 g/mol. The van der Waals surface area contributed by atoms with Gasteiger partial charge in [-0.3, -0.25) is 19.2 Å². The van der Waals surface area contributed by atoms with Gasteiger partial charge in [0.2, 0.25) is 0 Å². The van der Waals surface area contributed by atoms with Crippen molar-refractivity contribution in [3.05, 3.63) is 109 Å². The van der Waals surface area contributed by atoms with Gasteiger partial charge in [-0.05, 0) is 48.9 Å². The Labute approximate surface area is 260 Å². The maximum absolute atomic E-state index is 11.6. The Kier molecular flexibility index (Phi) is 12.4. The maximum atomic E-state index is 11.6. The number of imide groups is 2. The van der Waals surface area contributed by atoms with Gasteiger partial charge in [-0.2, -0.15) is 0 Å². The highest BCUT2D eigenvalue weighted by Gasteiger charge is 2.29. The van der Waals surface area contributed by atoms with Gasteiger partial charge in [0.25, 0.3) is 23.6 Å². The van der Waals surface area contributed by atoms with E-state index in [2.05, 4.69) is 10.3 Å². The van der Waals surface area contributed by atoms with E-state index in [1.54, 1.807) is 18.2 Å². The van der Waals surface area contributed by atoms with E-state index in [9.17, 15) is 19.2 Å². The molecule has 0 spiro atoms. The smallest absolute Gasteiger partial charge is 0.258 e. The molecule has 3 aromatic carbocycles. The van der Waals surface area contributed by atoms with E-state index >= 15 is 0 Å². The summed E-state index contributed by atoms with van der Waals surface area (Å²) in [6.45, 7) is 1.35. The lowest BCUT2D eigenvalue weighted by molar-refractivity contribution is -0.121. The van der Waals surface area contributed by atoms with Crippen LogP contribution in [0.3, 0.4) is 0 Å². The van der Waals surface area contributed by atoms with Gasteiger partial charge < -0.3 is 26.4 Å². The zero-order valence-electron chi connectivity index (χ0n) is 24.6. The van der Waals surface area contributed by atoms with E-state index in [0.29, 0.717) is 23.8 Å². The number of nitrogens with one attached hydrogen (secondary N) is 1. The van der Waals surface area contributed by atoms with Gasteiger partial charge in [-0.1, -0.05) is 49.4 Å². The molecule has 0 saturated carbocycles. The van der Waals surface area contributed by atoms with Crippen LogP contribution in [-0.4, -0.2) is 64.7 Å². The zero-order chi connectivity index (χ0) is 32.8. The third-order valence-corrected chi connectivity index (χ3v) is 6.77. The van der Waals surface area contributed by atoms with E-state index in [4.69, 9.17) is 21.1 Å². The number of carbonyl (C=O) groups excluding carboxylic acids is 4. The van der Waals surface area contributed by atoms with Crippen molar-refractivity contribution >= 4 is 52.3 Å². The molecule has 6 N–H and O–H groups in total. The Morgan fingerprint density at radius 1 is 0.689 bits per heavy atom. The van der Waals surface area contributed by atoms with Gasteiger partial charge in [0.15, 0.2) is 5.96 Å². The van der Waals surface area contributed by atoms with E-state index in [-0.39, 0.29) is 19.8 Å². The summed E-state index contributed by atoms with van der Waals surface area (Å²) in [4.78, 5) is 52.6. The molecule has 0 atom stereocenters. The molecule has 45 heavy (non-hydrogen) atoms. The van der Waals surface area contributed by atoms with Crippen LogP contribution in [0.2, 0.25) is 0 Å². The summed E-state index contributed by atoms with van der Waals surface area (Å²) in [5, 5.41) is 29.0. The van der Waals surface area contributed by atoms with E-state index in [1.165, 1.54) is 30.4 Å². The number of hydrogen-bond donors (Lipinski definition) is 5. The third kappa shape index (κ3) is 9.28. The first-order chi connectivity index (χ1) is 21.7. The first kappa shape index (κ1) is 34.1. The normalized spacial score (nSPS) is 14.3. The van der Waals surface area contributed by atoms with Crippen LogP contribution < -0.4 is 20.9 Å². The molecule has 5 rings (SSSR count). The van der Waals surface area contributed by atoms with Gasteiger partial charge in [0, 0.05) is 35.4 Å². The molecule has 4 amide bonds. The van der Waals surface area contributed by atoms with E-state index < -0.39 is 29.0 Å². The number of hydrogen-bond acceptors (Lipinski definition) is 8. The van der Waals surface area contributed by atoms with Crippen LogP contribution in [0.1, 0.15) is 13.3 Å². The highest BCUT2D eigenvalue weighted by molar-refractivity contribution is 6.30. The Morgan fingerprint density at radius 2 is 1.11 bits per heavy atom. The first-order valence-electron chi connectivity index (χ1n) is 13.9. The first-order valence-corrected chi connectivity index (χ1v) is 13.9. The molecule has 0 fully saturated rings. The molecule has 2 aliphatic rings. The molecule has 3 aromatic rings. The molecule has 0 unspecified atom stereocenters. The highest BCUT2D eigenvalue weighted by atomic mass is 16.3. The zero-order valence-corrected chi connectivity index (χ0v) is 24.6. The van der Waals surface area contributed by atoms with Gasteiger partial charge in [-0.15, -0.1) is 0 Å². The maximum Gasteiger partial charge on any atom is 0.258 e. The molecular formula is C33H35N5O7. The second kappa shape index (κ2) is 16.4. The van der Waals surface area contributed by atoms with Crippen molar-refractivity contribution in [1.82, 2.24) is 0 Å². The number of guanidine groups is 1. The van der Waals surface area contributed by atoms with Gasteiger partial charge in [-0.25, -0.2) is 14.8 Å². The number of benzene rings is 3. The van der Waals surface area contributed by atoms with Crippen molar-refractivity contribution in [2.45, 2.75) is 13.3 Å². The van der Waals surface area contributed by atoms with Crippen molar-refractivity contribution in [3.8, 4) is 0 Å². The number of aliphatic imine (C=N–C) groups is 1. The molecule has 0 aromatic heterocycles. The average Bonchev–Trinajstić information content (AvgIpc) is 3.58. The second-order valence-electron chi connectivity index (χ2n) is 9.86. The Bertz CT molecular complexity index is 1460. The van der Waals surface area contributed by atoms with Gasteiger partial charge in [0.1, 0.15) is 0 Å². The molecule has 0 bridgehead atoms. The fourth-order valence-electron chi connectivity index (χ4n) is 3.91. The van der Waals surface area contributed by atoms with Crippen molar-refractivity contribution in [2.24, 2.45) is 16.1 Å². The van der Waals surface area contributed by atoms with Crippen molar-refractivity contribution in [3.63, 3.8) is 0 Å². The van der Waals surface area contributed by atoms with Crippen LogP contribution in [0.15, 0.2) is 114 Å². The number of rotatable bonds is 8. The van der Waals surface area contributed by atoms with Crippen molar-refractivity contribution in [2.75, 3.05) is 34.9 Å². The van der Waals surface area contributed by atoms with Crippen LogP contribution in [0.4, 0.5) is 22.7 Å². The minimum absolute atomic E-state index is 0.156. The van der Waals surface area contributed by atoms with Gasteiger partial charge in [0.05, 0.1) is 36.9 Å². The Hall–Kier alpha value is -5.43. The summed E-state index contributed by atoms with van der Waals surface area (Å²) >= 11 is 0. The minimum Gasteiger partial charge on any atom is -0.396 e. The average molecular weight is 614 g/mol. The summed E-state index contributed by atoms with van der Waals surface area (Å²) in [6.07, 6.45) is 5.27. The Balaban J connectivity index is 0.000000198. The lowest BCUT2D eigenvalue weighted by Crippen LogP contribution is -2.32. The molecule has 234 valence electrons. The van der Waals surface area contributed by atoms with Crippen LogP contribution in [0.25, 0.3) is 0 Å². The number of anilines is 3. The van der Waals surface area contributed by atoms with Crippen LogP contribution in [0.5, 0.6) is 0 Å². The fourth-order valence-corrected chi connectivity index (χ4v) is 3.91. The molecule has 2 heterocycles. The number of aliphatic hydroxyl groups is 3. The number of aliphatic hydroxyl groups excluding tert-OH is 3. The quantitative estimate of drug-likeness (QED) is 0.145. The largest absolute Gasteiger partial charge is 0.396 e. The monoisotopic (exact) mass is 613 g/mol. The second-order valence-corrected chi connectivity index (χ2v) is 9.86. The standard InChI is InChI=1S/C14H8N2O4.C13H13N3.C6H14O3/c17-11-4-5-12(18)15(11)9-2-1-3-10(8-9)16-13(19)6-7-14(16)20;14-13(15-11-7-3-1-4-8-11)16-12-9-5-2-6-10-12;1-2-6(3-7,4-8)5-9/h1-8H;1-10H,(H3,14,15,16);7-9H,2-5H2,1H3. The number of nitrogens with zero attached hydrogens (tertiary/aromatic N) is 3. The number of nitrogens with two attached hydrogens (primary N) is 1. The van der Waals surface area contributed by atoms with Crippen LogP contribution >= 0.6 is 0 Å². The summed E-state index contributed by atoms with van der Waals surface area (Å²) in [6, 6.07) is 25.5. The third-order valence-electron chi connectivity index (χ3n) is 6.77. The molecule has 12 heteroatoms. The molecule has 0 saturated heterocycles. The number of para-hydroxylation sites is 2. The molecule has 0 aliphatic carbocycles. The summed E-state index contributed by atoms with van der Waals surface area (Å²) < 4.78 is 0. The summed E-state index contributed by atoms with van der Waals surface area (Å²) in [5.41, 5.74) is 7.51. The lowest BCUT2D eigenvalue weighted by Gasteiger charge is -2.24. The number of carbonyl (C=O) groups is 4. The van der Waals surface area contributed by atoms with Crippen LogP contribution in [0, 0.1) is 5.41 Å². The van der Waals surface area contributed by atoms with Crippen molar-refractivity contribution < 1.29 is 34.5 Å². The fraction of sp³-hybridized carbons (Fsp3) is 0.182. The predicted molar refractivity (Wildman–Crippen MR) is 171 cm³/mol. The van der Waals surface area contributed by atoms with Gasteiger partial charge >= 0.3 is 0 Å². The summed E-state index contributed by atoms with van der Waals surface area (Å²) in [7, 11) is 0.